The van der Waals surface area contributed by atoms with Gasteiger partial charge in [0, 0.05) is 18.7 Å². The number of hydrazone groups is 1. The van der Waals surface area contributed by atoms with E-state index >= 15 is 0 Å². The fraction of sp³-hybridized carbons (Fsp3) is 0.308. The molecule has 0 radical (unpaired) electrons. The maximum absolute atomic E-state index is 11.0. The molecule has 7 heteroatoms. The third-order valence-corrected chi connectivity index (χ3v) is 2.71. The van der Waals surface area contributed by atoms with Gasteiger partial charge in [0.25, 0.3) is 0 Å². The van der Waals surface area contributed by atoms with Gasteiger partial charge in [-0.15, -0.1) is 24.0 Å². The number of halogens is 1. The molecule has 0 saturated heterocycles. The van der Waals surface area contributed by atoms with Crippen molar-refractivity contribution < 1.29 is 9.90 Å². The summed E-state index contributed by atoms with van der Waals surface area (Å²) >= 11 is 0. The summed E-state index contributed by atoms with van der Waals surface area (Å²) in [5, 5.41) is 16.2. The third kappa shape index (κ3) is 4.80. The van der Waals surface area contributed by atoms with Gasteiger partial charge in [-0.25, -0.2) is 10.2 Å². The number of aromatic carboxylic acids is 1. The molecule has 108 valence electrons. The quantitative estimate of drug-likeness (QED) is 0.418. The SMILES string of the molecule is I.O=C(O)c1ccccc1/C=N/NC1=NCCCCN1. The summed E-state index contributed by atoms with van der Waals surface area (Å²) in [5.74, 6) is -0.339. The molecule has 0 amide bonds. The number of hydrogen-bond donors (Lipinski definition) is 3. The summed E-state index contributed by atoms with van der Waals surface area (Å²) in [6.45, 7) is 1.64. The highest BCUT2D eigenvalue weighted by molar-refractivity contribution is 14.0. The van der Waals surface area contributed by atoms with Crippen LogP contribution >= 0.6 is 24.0 Å². The first-order valence-corrected chi connectivity index (χ1v) is 6.17. The van der Waals surface area contributed by atoms with Gasteiger partial charge in [-0.05, 0) is 18.9 Å². The number of hydrogen-bond acceptors (Lipinski definition) is 5. The van der Waals surface area contributed by atoms with E-state index in [1.54, 1.807) is 24.3 Å². The van der Waals surface area contributed by atoms with Crippen molar-refractivity contribution in [2.24, 2.45) is 10.1 Å². The van der Waals surface area contributed by atoms with E-state index < -0.39 is 5.97 Å². The molecule has 0 spiro atoms. The average Bonchev–Trinajstić information content (AvgIpc) is 2.68. The van der Waals surface area contributed by atoms with E-state index in [9.17, 15) is 4.79 Å². The Morgan fingerprint density at radius 3 is 3.00 bits per heavy atom. The molecule has 1 aliphatic rings. The summed E-state index contributed by atoms with van der Waals surface area (Å²) in [6, 6.07) is 6.71. The predicted octanol–water partition coefficient (Wildman–Crippen LogP) is 1.67. The Labute approximate surface area is 134 Å². The molecule has 0 atom stereocenters. The van der Waals surface area contributed by atoms with Crippen LogP contribution in [0.1, 0.15) is 28.8 Å². The van der Waals surface area contributed by atoms with E-state index in [4.69, 9.17) is 5.11 Å². The number of rotatable bonds is 3. The van der Waals surface area contributed by atoms with Gasteiger partial charge in [0.1, 0.15) is 0 Å². The van der Waals surface area contributed by atoms with E-state index in [1.807, 2.05) is 0 Å². The van der Waals surface area contributed by atoms with Crippen LogP contribution < -0.4 is 10.7 Å². The Balaban J connectivity index is 0.00000200. The molecule has 6 nitrogen and oxygen atoms in total. The number of carboxylic acids is 1. The molecule has 0 fully saturated rings. The summed E-state index contributed by atoms with van der Waals surface area (Å²) < 4.78 is 0. The number of benzene rings is 1. The number of nitrogens with one attached hydrogen (secondary N) is 2. The molecule has 0 unspecified atom stereocenters. The molecule has 1 aromatic carbocycles. The summed E-state index contributed by atoms with van der Waals surface area (Å²) in [4.78, 5) is 15.3. The van der Waals surface area contributed by atoms with Crippen LogP contribution in [-0.2, 0) is 0 Å². The van der Waals surface area contributed by atoms with Gasteiger partial charge in [-0.1, -0.05) is 18.2 Å². The van der Waals surface area contributed by atoms with E-state index in [0.29, 0.717) is 11.5 Å². The monoisotopic (exact) mass is 388 g/mol. The Kier molecular flexibility index (Phi) is 6.99. The van der Waals surface area contributed by atoms with Crippen molar-refractivity contribution in [3.63, 3.8) is 0 Å². The molecule has 0 bridgehead atoms. The number of carboxylic acid groups (broad SMARTS) is 1. The van der Waals surface area contributed by atoms with Gasteiger partial charge in [0.2, 0.25) is 5.96 Å². The molecule has 2 rings (SSSR count). The van der Waals surface area contributed by atoms with Crippen molar-refractivity contribution in [1.82, 2.24) is 10.7 Å². The largest absolute Gasteiger partial charge is 0.478 e. The minimum Gasteiger partial charge on any atom is -0.478 e. The fourth-order valence-electron chi connectivity index (χ4n) is 1.73. The Hall–Kier alpha value is -1.64. The molecular weight excluding hydrogens is 371 g/mol. The minimum atomic E-state index is -0.966. The second-order valence-electron chi connectivity index (χ2n) is 4.13. The third-order valence-electron chi connectivity index (χ3n) is 2.71. The minimum absolute atomic E-state index is 0. The topological polar surface area (TPSA) is 86.1 Å². The van der Waals surface area contributed by atoms with E-state index in [-0.39, 0.29) is 29.5 Å². The lowest BCUT2D eigenvalue weighted by Gasteiger charge is -2.05. The zero-order valence-electron chi connectivity index (χ0n) is 10.9. The second kappa shape index (κ2) is 8.51. The summed E-state index contributed by atoms with van der Waals surface area (Å²) in [6.07, 6.45) is 3.63. The van der Waals surface area contributed by atoms with Gasteiger partial charge >= 0.3 is 5.97 Å². The first-order valence-electron chi connectivity index (χ1n) is 6.17. The smallest absolute Gasteiger partial charge is 0.336 e. The molecule has 0 saturated carbocycles. The Bertz CT molecular complexity index is 517. The molecule has 20 heavy (non-hydrogen) atoms. The first kappa shape index (κ1) is 16.4. The van der Waals surface area contributed by atoms with Crippen molar-refractivity contribution in [1.29, 1.82) is 0 Å². The number of aliphatic imine (C=N–C) groups is 1. The molecule has 1 aliphatic heterocycles. The molecular formula is C13H17IN4O2. The summed E-state index contributed by atoms with van der Waals surface area (Å²) in [7, 11) is 0. The molecule has 3 N–H and O–H groups in total. The maximum Gasteiger partial charge on any atom is 0.336 e. The van der Waals surface area contributed by atoms with Crippen LogP contribution in [0.2, 0.25) is 0 Å². The lowest BCUT2D eigenvalue weighted by molar-refractivity contribution is 0.0697. The average molecular weight is 388 g/mol. The van der Waals surface area contributed by atoms with Crippen molar-refractivity contribution in [3.8, 4) is 0 Å². The molecule has 1 aromatic rings. The highest BCUT2D eigenvalue weighted by Gasteiger charge is 2.06. The molecule has 0 aliphatic carbocycles. The number of nitrogens with zero attached hydrogens (tertiary/aromatic N) is 2. The van der Waals surface area contributed by atoms with Crippen molar-refractivity contribution in [2.45, 2.75) is 12.8 Å². The van der Waals surface area contributed by atoms with Crippen LogP contribution in [0.15, 0.2) is 34.4 Å². The predicted molar refractivity (Wildman–Crippen MR) is 89.1 cm³/mol. The molecule has 0 aromatic heterocycles. The first-order chi connectivity index (χ1) is 9.27. The van der Waals surface area contributed by atoms with E-state index in [2.05, 4.69) is 20.8 Å². The Morgan fingerprint density at radius 2 is 2.20 bits per heavy atom. The lowest BCUT2D eigenvalue weighted by atomic mass is 10.1. The lowest BCUT2D eigenvalue weighted by Crippen LogP contribution is -2.33. The second-order valence-corrected chi connectivity index (χ2v) is 4.13. The van der Waals surface area contributed by atoms with Crippen LogP contribution in [0.4, 0.5) is 0 Å². The van der Waals surface area contributed by atoms with E-state index in [1.165, 1.54) is 6.21 Å². The van der Waals surface area contributed by atoms with Gasteiger partial charge in [-0.2, -0.15) is 5.10 Å². The maximum atomic E-state index is 11.0. The zero-order valence-corrected chi connectivity index (χ0v) is 13.2. The van der Waals surface area contributed by atoms with Crippen LogP contribution in [0.25, 0.3) is 0 Å². The summed E-state index contributed by atoms with van der Waals surface area (Å²) in [5.41, 5.74) is 3.57. The van der Waals surface area contributed by atoms with Crippen LogP contribution in [0, 0.1) is 0 Å². The highest BCUT2D eigenvalue weighted by Crippen LogP contribution is 2.05. The normalized spacial score (nSPS) is 14.7. The van der Waals surface area contributed by atoms with Crippen LogP contribution in [0.5, 0.6) is 0 Å². The van der Waals surface area contributed by atoms with Gasteiger partial charge in [-0.3, -0.25) is 4.99 Å². The van der Waals surface area contributed by atoms with Gasteiger partial charge in [0.15, 0.2) is 0 Å². The highest BCUT2D eigenvalue weighted by atomic mass is 127. The molecule has 1 heterocycles. The fourth-order valence-corrected chi connectivity index (χ4v) is 1.73. The standard InChI is InChI=1S/C13H16N4O2.HI/c18-12(19)11-6-2-1-5-10(11)9-16-17-13-14-7-3-4-8-15-13;/h1-2,5-6,9H,3-4,7-8H2,(H,18,19)(H2,14,15,17);1H/b16-9+;. The Morgan fingerprint density at radius 1 is 1.40 bits per heavy atom. The number of guanidine groups is 1. The van der Waals surface area contributed by atoms with Crippen LogP contribution in [0.3, 0.4) is 0 Å². The van der Waals surface area contributed by atoms with Gasteiger partial charge < -0.3 is 10.4 Å². The van der Waals surface area contributed by atoms with Crippen molar-refractivity contribution >= 4 is 42.1 Å². The van der Waals surface area contributed by atoms with Crippen molar-refractivity contribution in [3.05, 3.63) is 35.4 Å². The zero-order chi connectivity index (χ0) is 13.5. The van der Waals surface area contributed by atoms with Gasteiger partial charge in [0.05, 0.1) is 11.8 Å². The van der Waals surface area contributed by atoms with Crippen molar-refractivity contribution in [2.75, 3.05) is 13.1 Å². The number of carbonyl (C=O) groups is 1. The van der Waals surface area contributed by atoms with E-state index in [0.717, 1.165) is 25.9 Å². The van der Waals surface area contributed by atoms with Crippen LogP contribution in [-0.4, -0.2) is 36.3 Å².